The molecule has 2 unspecified atom stereocenters. The van der Waals surface area contributed by atoms with E-state index in [2.05, 4.69) is 23.6 Å². The van der Waals surface area contributed by atoms with Crippen molar-refractivity contribution >= 4 is 9.84 Å². The number of rotatable bonds is 8. The van der Waals surface area contributed by atoms with E-state index in [-0.39, 0.29) is 17.9 Å². The van der Waals surface area contributed by atoms with E-state index in [1.807, 2.05) is 0 Å². The number of unbranched alkanes of at least 4 members (excludes halogenated alkanes) is 1. The maximum Gasteiger partial charge on any atom is 0.151 e. The lowest BCUT2D eigenvalue weighted by Gasteiger charge is -2.34. The molecule has 2 heterocycles. The van der Waals surface area contributed by atoms with E-state index in [4.69, 9.17) is 0 Å². The number of nitrogens with zero attached hydrogens (tertiary/aromatic N) is 2. The predicted molar refractivity (Wildman–Crippen MR) is 94.4 cm³/mol. The first-order valence-corrected chi connectivity index (χ1v) is 11.1. The maximum absolute atomic E-state index is 11.8. The molecule has 2 saturated heterocycles. The Morgan fingerprint density at radius 1 is 1.26 bits per heavy atom. The second-order valence-corrected chi connectivity index (χ2v) is 9.77. The second kappa shape index (κ2) is 8.79. The summed E-state index contributed by atoms with van der Waals surface area (Å²) in [6.07, 6.45) is 4.92. The Morgan fingerprint density at radius 3 is 2.52 bits per heavy atom. The lowest BCUT2D eigenvalue weighted by molar-refractivity contribution is 0.0504. The van der Waals surface area contributed by atoms with Gasteiger partial charge in [0, 0.05) is 19.1 Å². The molecule has 2 atom stereocenters. The van der Waals surface area contributed by atoms with Crippen LogP contribution in [0.4, 0.5) is 0 Å². The minimum Gasteiger partial charge on any atom is -0.390 e. The van der Waals surface area contributed by atoms with Crippen LogP contribution < -0.4 is 0 Å². The Balaban J connectivity index is 1.84. The van der Waals surface area contributed by atoms with Crippen molar-refractivity contribution in [2.45, 2.75) is 58.1 Å². The predicted octanol–water partition coefficient (Wildman–Crippen LogP) is 1.37. The van der Waals surface area contributed by atoms with Gasteiger partial charge in [-0.1, -0.05) is 20.3 Å². The molecule has 0 aromatic rings. The van der Waals surface area contributed by atoms with Gasteiger partial charge < -0.3 is 10.0 Å². The number of β-amino-alcohol motifs (C(OH)–C–C–N with tert-alkyl or cyclic N) is 1. The molecule has 2 fully saturated rings. The van der Waals surface area contributed by atoms with Gasteiger partial charge in [0.05, 0.1) is 17.6 Å². The summed E-state index contributed by atoms with van der Waals surface area (Å²) in [5.74, 6) is 1.37. The first-order valence-electron chi connectivity index (χ1n) is 9.24. The smallest absolute Gasteiger partial charge is 0.151 e. The molecule has 6 heteroatoms. The van der Waals surface area contributed by atoms with Crippen LogP contribution >= 0.6 is 0 Å². The van der Waals surface area contributed by atoms with E-state index >= 15 is 0 Å². The van der Waals surface area contributed by atoms with Gasteiger partial charge in [-0.15, -0.1) is 0 Å². The third-order valence-corrected chi connectivity index (χ3v) is 7.06. The van der Waals surface area contributed by atoms with Crippen molar-refractivity contribution in [1.82, 2.24) is 9.80 Å². The zero-order valence-corrected chi connectivity index (χ0v) is 15.6. The molecular weight excluding hydrogens is 312 g/mol. The molecule has 0 radical (unpaired) electrons. The quantitative estimate of drug-likeness (QED) is 0.719. The van der Waals surface area contributed by atoms with Gasteiger partial charge in [-0.3, -0.25) is 4.90 Å². The zero-order valence-electron chi connectivity index (χ0n) is 14.8. The Bertz CT molecular complexity index is 447. The Hall–Kier alpha value is -0.170. The van der Waals surface area contributed by atoms with Gasteiger partial charge >= 0.3 is 0 Å². The van der Waals surface area contributed by atoms with Gasteiger partial charge in [0.25, 0.3) is 0 Å². The molecular formula is C17H34N2O3S. The SMILES string of the molecule is CCCCN(CC(O)CN1CCC(C)CC1)C1CCS(=O)(=O)C1. The number of sulfone groups is 1. The van der Waals surface area contributed by atoms with Crippen LogP contribution in [-0.4, -0.2) is 79.7 Å². The molecule has 136 valence electrons. The number of aliphatic hydroxyl groups excluding tert-OH is 1. The van der Waals surface area contributed by atoms with Crippen molar-refractivity contribution in [1.29, 1.82) is 0 Å². The highest BCUT2D eigenvalue weighted by molar-refractivity contribution is 7.91. The molecule has 0 aromatic heterocycles. The summed E-state index contributed by atoms with van der Waals surface area (Å²) in [4.78, 5) is 4.58. The van der Waals surface area contributed by atoms with Gasteiger partial charge in [-0.25, -0.2) is 8.42 Å². The molecule has 2 rings (SSSR count). The van der Waals surface area contributed by atoms with Gasteiger partial charge in [0.15, 0.2) is 9.84 Å². The zero-order chi connectivity index (χ0) is 16.9. The normalized spacial score (nSPS) is 27.6. The standard InChI is InChI=1S/C17H34N2O3S/c1-3-4-8-19(16-7-11-23(21,22)14-16)13-17(20)12-18-9-5-15(2)6-10-18/h15-17,20H,3-14H2,1-2H3. The largest absolute Gasteiger partial charge is 0.390 e. The summed E-state index contributed by atoms with van der Waals surface area (Å²) in [6.45, 7) is 8.80. The molecule has 23 heavy (non-hydrogen) atoms. The fourth-order valence-electron chi connectivity index (χ4n) is 3.72. The van der Waals surface area contributed by atoms with E-state index in [1.54, 1.807) is 0 Å². The van der Waals surface area contributed by atoms with Crippen LogP contribution in [0.1, 0.15) is 46.0 Å². The second-order valence-electron chi connectivity index (χ2n) is 7.54. The molecule has 0 aromatic carbocycles. The van der Waals surface area contributed by atoms with Crippen LogP contribution in [0.5, 0.6) is 0 Å². The van der Waals surface area contributed by atoms with Gasteiger partial charge in [-0.2, -0.15) is 0 Å². The van der Waals surface area contributed by atoms with Crippen LogP contribution in [0.15, 0.2) is 0 Å². The van der Waals surface area contributed by atoms with Crippen molar-refractivity contribution in [3.8, 4) is 0 Å². The van der Waals surface area contributed by atoms with Crippen molar-refractivity contribution < 1.29 is 13.5 Å². The fourth-order valence-corrected chi connectivity index (χ4v) is 5.48. The summed E-state index contributed by atoms with van der Waals surface area (Å²) < 4.78 is 23.5. The van der Waals surface area contributed by atoms with E-state index in [0.29, 0.717) is 12.3 Å². The van der Waals surface area contributed by atoms with Gasteiger partial charge in [-0.05, 0) is 51.2 Å². The third-order valence-electron chi connectivity index (χ3n) is 5.31. The lowest BCUT2D eigenvalue weighted by Crippen LogP contribution is -2.46. The van der Waals surface area contributed by atoms with E-state index < -0.39 is 9.84 Å². The van der Waals surface area contributed by atoms with E-state index in [9.17, 15) is 13.5 Å². The van der Waals surface area contributed by atoms with E-state index in [1.165, 1.54) is 12.8 Å². The number of hydrogen-bond acceptors (Lipinski definition) is 5. The third kappa shape index (κ3) is 6.33. The first-order chi connectivity index (χ1) is 10.9. The number of hydrogen-bond donors (Lipinski definition) is 1. The molecule has 0 saturated carbocycles. The summed E-state index contributed by atoms with van der Waals surface area (Å²) in [5.41, 5.74) is 0. The topological polar surface area (TPSA) is 60.9 Å². The Kier molecular flexibility index (Phi) is 7.32. The summed E-state index contributed by atoms with van der Waals surface area (Å²) in [7, 11) is -2.87. The van der Waals surface area contributed by atoms with Crippen LogP contribution in [-0.2, 0) is 9.84 Å². The number of piperidine rings is 1. The minimum absolute atomic E-state index is 0.0996. The Labute approximate surface area is 142 Å². The molecule has 2 aliphatic rings. The monoisotopic (exact) mass is 346 g/mol. The van der Waals surface area contributed by atoms with Crippen molar-refractivity contribution in [3.05, 3.63) is 0 Å². The van der Waals surface area contributed by atoms with Crippen molar-refractivity contribution in [2.75, 3.05) is 44.2 Å². The molecule has 0 bridgehead atoms. The number of aliphatic hydroxyl groups is 1. The molecule has 0 spiro atoms. The van der Waals surface area contributed by atoms with Crippen molar-refractivity contribution in [3.63, 3.8) is 0 Å². The fraction of sp³-hybridized carbons (Fsp3) is 1.00. The van der Waals surface area contributed by atoms with Crippen LogP contribution in [0.3, 0.4) is 0 Å². The molecule has 1 N–H and O–H groups in total. The summed E-state index contributed by atoms with van der Waals surface area (Å²) >= 11 is 0. The van der Waals surface area contributed by atoms with Crippen LogP contribution in [0.2, 0.25) is 0 Å². The average molecular weight is 347 g/mol. The molecule has 5 nitrogen and oxygen atoms in total. The molecule has 2 aliphatic heterocycles. The summed E-state index contributed by atoms with van der Waals surface area (Å²) in [6, 6.07) is 0.0996. The maximum atomic E-state index is 11.8. The van der Waals surface area contributed by atoms with E-state index in [0.717, 1.165) is 51.4 Å². The molecule has 0 amide bonds. The highest BCUT2D eigenvalue weighted by Gasteiger charge is 2.33. The van der Waals surface area contributed by atoms with Gasteiger partial charge in [0.1, 0.15) is 0 Å². The van der Waals surface area contributed by atoms with Crippen LogP contribution in [0.25, 0.3) is 0 Å². The number of likely N-dealkylation sites (tertiary alicyclic amines) is 1. The lowest BCUT2D eigenvalue weighted by atomic mass is 9.99. The molecule has 0 aliphatic carbocycles. The summed E-state index contributed by atoms with van der Waals surface area (Å²) in [5, 5.41) is 10.5. The van der Waals surface area contributed by atoms with Crippen molar-refractivity contribution in [2.24, 2.45) is 5.92 Å². The first kappa shape index (κ1) is 19.2. The minimum atomic E-state index is -2.87. The highest BCUT2D eigenvalue weighted by Crippen LogP contribution is 2.20. The Morgan fingerprint density at radius 2 is 1.96 bits per heavy atom. The average Bonchev–Trinajstić information content (AvgIpc) is 2.86. The van der Waals surface area contributed by atoms with Gasteiger partial charge in [0.2, 0.25) is 0 Å². The van der Waals surface area contributed by atoms with Crippen LogP contribution in [0, 0.1) is 5.92 Å². The highest BCUT2D eigenvalue weighted by atomic mass is 32.2.